The van der Waals surface area contributed by atoms with Gasteiger partial charge >= 0.3 is 11.9 Å². The number of esters is 2. The van der Waals surface area contributed by atoms with Gasteiger partial charge in [0, 0.05) is 19.3 Å². The lowest BCUT2D eigenvalue weighted by Gasteiger charge is -2.34. The first kappa shape index (κ1) is 55.5. The Labute approximate surface area is 357 Å². The number of carbonyl (C=O) groups excluding carboxylic acids is 3. The van der Waals surface area contributed by atoms with Crippen LogP contribution in [0.3, 0.4) is 0 Å². The molecule has 2 atom stereocenters. The molecule has 58 heavy (non-hydrogen) atoms. The average Bonchev–Trinajstić information content (AvgIpc) is 3.18. The summed E-state index contributed by atoms with van der Waals surface area (Å²) < 4.78 is 17.2. The van der Waals surface area contributed by atoms with E-state index >= 15 is 0 Å². The minimum atomic E-state index is -1.13. The molecule has 0 spiro atoms. The predicted octanol–water partition coefficient (Wildman–Crippen LogP) is 12.1. The predicted molar refractivity (Wildman–Crippen MR) is 240 cm³/mol. The third kappa shape index (κ3) is 39.0. The molecule has 0 heterocycles. The van der Waals surface area contributed by atoms with Gasteiger partial charge in [0.25, 0.3) is 0 Å². The number of allylic oxidation sites excluding steroid dienone is 6. The number of ether oxygens (including phenoxy) is 3. The maximum atomic E-state index is 12.7. The second kappa shape index (κ2) is 41.3. The fraction of sp³-hybridized carbons (Fsp3) is 0.820. The van der Waals surface area contributed by atoms with Crippen molar-refractivity contribution in [3.8, 4) is 0 Å². The van der Waals surface area contributed by atoms with E-state index in [1.165, 1.54) is 116 Å². The Morgan fingerprint density at radius 2 is 0.914 bits per heavy atom. The molecule has 8 heteroatoms. The molecule has 0 aliphatic heterocycles. The molecular weight excluding hydrogens is 727 g/mol. The van der Waals surface area contributed by atoms with Gasteiger partial charge in [-0.3, -0.25) is 9.59 Å². The molecule has 0 bridgehead atoms. The van der Waals surface area contributed by atoms with Crippen LogP contribution in [0.15, 0.2) is 36.5 Å². The standard InChI is InChI=1S/C50H91NO7/c1-6-8-10-12-14-16-18-20-22-24-25-27-29-31-33-35-37-39-41-49(53)58-46(44-56-43-42-47(50(54)55)51(3,4)5)45-57-48(52)40-38-36-34-32-30-28-26-23-21-19-17-15-13-11-9-7-2/h18,20,22,24-25,27,46-47H,6-17,19,21,23,26,28-45H2,1-5H3/b20-18+,24-22+,27-25+. The molecule has 0 fully saturated rings. The molecule has 0 aromatic heterocycles. The van der Waals surface area contributed by atoms with Gasteiger partial charge in [-0.15, -0.1) is 0 Å². The normalized spacial score (nSPS) is 13.2. The van der Waals surface area contributed by atoms with E-state index in [9.17, 15) is 19.5 Å². The molecule has 338 valence electrons. The first-order valence-corrected chi connectivity index (χ1v) is 24.0. The van der Waals surface area contributed by atoms with Crippen LogP contribution in [0.2, 0.25) is 0 Å². The van der Waals surface area contributed by atoms with Gasteiger partial charge in [-0.05, 0) is 38.5 Å². The first-order chi connectivity index (χ1) is 28.1. The van der Waals surface area contributed by atoms with E-state index in [-0.39, 0.29) is 42.7 Å². The molecule has 0 saturated carbocycles. The monoisotopic (exact) mass is 818 g/mol. The van der Waals surface area contributed by atoms with E-state index in [0.717, 1.165) is 64.2 Å². The number of aliphatic carboxylic acids is 1. The van der Waals surface area contributed by atoms with Gasteiger partial charge in [0.2, 0.25) is 0 Å². The summed E-state index contributed by atoms with van der Waals surface area (Å²) >= 11 is 0. The quantitative estimate of drug-likeness (QED) is 0.0261. The Morgan fingerprint density at radius 1 is 0.517 bits per heavy atom. The van der Waals surface area contributed by atoms with Gasteiger partial charge in [-0.1, -0.05) is 192 Å². The molecule has 0 aromatic carbocycles. The van der Waals surface area contributed by atoms with Crippen LogP contribution in [0, 0.1) is 0 Å². The second-order valence-corrected chi connectivity index (χ2v) is 17.4. The molecule has 0 rings (SSSR count). The van der Waals surface area contributed by atoms with Crippen LogP contribution >= 0.6 is 0 Å². The van der Waals surface area contributed by atoms with Gasteiger partial charge in [-0.2, -0.15) is 0 Å². The van der Waals surface area contributed by atoms with Crippen molar-refractivity contribution >= 4 is 17.9 Å². The molecule has 0 N–H and O–H groups in total. The lowest BCUT2D eigenvalue weighted by molar-refractivity contribution is -0.889. The van der Waals surface area contributed by atoms with Crippen molar-refractivity contribution in [2.45, 2.75) is 225 Å². The van der Waals surface area contributed by atoms with Crippen LogP contribution in [-0.4, -0.2) is 75.5 Å². The summed E-state index contributed by atoms with van der Waals surface area (Å²) in [6, 6.07) is -0.728. The Balaban J connectivity index is 4.33. The molecular formula is C50H91NO7. The van der Waals surface area contributed by atoms with Crippen molar-refractivity contribution in [3.63, 3.8) is 0 Å². The van der Waals surface area contributed by atoms with Gasteiger partial charge < -0.3 is 28.6 Å². The van der Waals surface area contributed by atoms with Gasteiger partial charge in [-0.25, -0.2) is 0 Å². The average molecular weight is 818 g/mol. The maximum Gasteiger partial charge on any atom is 0.306 e. The molecule has 8 nitrogen and oxygen atoms in total. The van der Waals surface area contributed by atoms with Crippen LogP contribution in [0.1, 0.15) is 213 Å². The minimum absolute atomic E-state index is 0.0348. The van der Waals surface area contributed by atoms with Crippen LogP contribution < -0.4 is 5.11 Å². The third-order valence-electron chi connectivity index (χ3n) is 10.8. The van der Waals surface area contributed by atoms with Gasteiger partial charge in [0.05, 0.1) is 40.3 Å². The highest BCUT2D eigenvalue weighted by molar-refractivity contribution is 5.70. The maximum absolute atomic E-state index is 12.7. The lowest BCUT2D eigenvalue weighted by Crippen LogP contribution is -2.55. The second-order valence-electron chi connectivity index (χ2n) is 17.4. The molecule has 0 radical (unpaired) electrons. The summed E-state index contributed by atoms with van der Waals surface area (Å²) in [7, 11) is 5.41. The summed E-state index contributed by atoms with van der Waals surface area (Å²) in [4.78, 5) is 36.9. The van der Waals surface area contributed by atoms with Crippen molar-refractivity contribution in [3.05, 3.63) is 36.5 Å². The van der Waals surface area contributed by atoms with Crippen molar-refractivity contribution < 1.29 is 38.2 Å². The Bertz CT molecular complexity index is 1050. The smallest absolute Gasteiger partial charge is 0.306 e. The highest BCUT2D eigenvalue weighted by Crippen LogP contribution is 2.15. The zero-order valence-electron chi connectivity index (χ0n) is 38.5. The molecule has 2 unspecified atom stereocenters. The largest absolute Gasteiger partial charge is 0.544 e. The SMILES string of the molecule is CCCCCCC/C=C/C=C/C=C/CCCCCCCC(=O)OC(COCCC(C(=O)[O-])[N+](C)(C)C)COC(=O)CCCCCCCCCCCCCCCCCC. The number of hydrogen-bond acceptors (Lipinski definition) is 7. The van der Waals surface area contributed by atoms with E-state index in [0.29, 0.717) is 12.8 Å². The zero-order chi connectivity index (χ0) is 42.8. The molecule has 0 aliphatic carbocycles. The van der Waals surface area contributed by atoms with Crippen molar-refractivity contribution in [1.82, 2.24) is 0 Å². The number of unbranched alkanes of at least 4 members (excludes halogenated alkanes) is 25. The van der Waals surface area contributed by atoms with E-state index in [4.69, 9.17) is 14.2 Å². The Kier molecular flexibility index (Phi) is 39.5. The van der Waals surface area contributed by atoms with Gasteiger partial charge in [0.1, 0.15) is 12.6 Å². The zero-order valence-corrected chi connectivity index (χ0v) is 38.5. The third-order valence-corrected chi connectivity index (χ3v) is 10.8. The topological polar surface area (TPSA) is 102 Å². The summed E-state index contributed by atoms with van der Waals surface area (Å²) in [6.45, 7) is 4.65. The number of likely N-dealkylation sites (N-methyl/N-ethyl adjacent to an activating group) is 1. The summed E-state index contributed by atoms with van der Waals surface area (Å²) in [5, 5.41) is 11.6. The van der Waals surface area contributed by atoms with Crippen LogP contribution in [0.4, 0.5) is 0 Å². The number of carboxylic acids is 1. The number of carbonyl (C=O) groups is 3. The Hall–Kier alpha value is -2.45. The number of hydrogen-bond donors (Lipinski definition) is 0. The number of carboxylic acid groups (broad SMARTS) is 1. The van der Waals surface area contributed by atoms with Crippen LogP contribution in [0.5, 0.6) is 0 Å². The Morgan fingerprint density at radius 3 is 1.33 bits per heavy atom. The van der Waals surface area contributed by atoms with Crippen LogP contribution in [0.25, 0.3) is 0 Å². The number of nitrogens with zero attached hydrogens (tertiary/aromatic N) is 1. The highest BCUT2D eigenvalue weighted by Gasteiger charge is 2.25. The van der Waals surface area contributed by atoms with Crippen molar-refractivity contribution in [1.29, 1.82) is 0 Å². The van der Waals surface area contributed by atoms with E-state index in [2.05, 4.69) is 50.3 Å². The summed E-state index contributed by atoms with van der Waals surface area (Å²) in [6.07, 6.45) is 47.3. The van der Waals surface area contributed by atoms with Gasteiger partial charge in [0.15, 0.2) is 6.10 Å². The molecule has 0 saturated heterocycles. The fourth-order valence-corrected chi connectivity index (χ4v) is 7.07. The van der Waals surface area contributed by atoms with E-state index in [1.54, 1.807) is 21.1 Å². The van der Waals surface area contributed by atoms with Crippen molar-refractivity contribution in [2.75, 3.05) is 41.0 Å². The molecule has 0 aromatic rings. The number of quaternary nitrogens is 1. The molecule has 0 amide bonds. The highest BCUT2D eigenvalue weighted by atomic mass is 16.6. The summed E-state index contributed by atoms with van der Waals surface area (Å²) in [5.74, 6) is -1.75. The fourth-order valence-electron chi connectivity index (χ4n) is 7.07. The summed E-state index contributed by atoms with van der Waals surface area (Å²) in [5.41, 5.74) is 0. The van der Waals surface area contributed by atoms with Crippen LogP contribution in [-0.2, 0) is 28.6 Å². The first-order valence-electron chi connectivity index (χ1n) is 24.0. The minimum Gasteiger partial charge on any atom is -0.544 e. The molecule has 0 aliphatic rings. The van der Waals surface area contributed by atoms with E-state index in [1.807, 2.05) is 0 Å². The van der Waals surface area contributed by atoms with Crippen molar-refractivity contribution in [2.24, 2.45) is 0 Å². The lowest BCUT2D eigenvalue weighted by atomic mass is 10.0. The van der Waals surface area contributed by atoms with E-state index < -0.39 is 18.1 Å². The number of rotatable bonds is 43.